The van der Waals surface area contributed by atoms with Gasteiger partial charge in [-0.25, -0.2) is 4.98 Å². The van der Waals surface area contributed by atoms with Crippen molar-refractivity contribution in [2.45, 2.75) is 5.88 Å². The van der Waals surface area contributed by atoms with Crippen molar-refractivity contribution in [1.29, 1.82) is 0 Å². The van der Waals surface area contributed by atoms with Gasteiger partial charge in [0.1, 0.15) is 6.33 Å². The Balaban J connectivity index is 2.78. The first kappa shape index (κ1) is 3.45. The molecule has 0 aliphatic heterocycles. The summed E-state index contributed by atoms with van der Waals surface area (Å²) < 4.78 is 14.9. The van der Waals surface area contributed by atoms with Gasteiger partial charge in [0.05, 0.1) is 5.88 Å². The fraction of sp³-hybridized carbons (Fsp3) is 0.500. The lowest BCUT2D eigenvalue weighted by Crippen LogP contribution is -1.88. The molecule has 1 aromatic heterocycles. The van der Waals surface area contributed by atoms with Crippen molar-refractivity contribution in [3.05, 3.63) is 12.2 Å². The SMILES string of the molecule is [2H]C([2H])n1cnc(CCl)n1. The van der Waals surface area contributed by atoms with Crippen molar-refractivity contribution in [1.82, 2.24) is 14.8 Å². The molecule has 0 unspecified atom stereocenters. The van der Waals surface area contributed by atoms with Gasteiger partial charge in [0.15, 0.2) is 5.82 Å². The standard InChI is InChI=1S/C4H6ClN3/c1-8-3-6-4(2-5)7-8/h3H,2H2,1H3/i1D2. The molecule has 1 rings (SSSR count). The summed E-state index contributed by atoms with van der Waals surface area (Å²) in [6, 6.07) is 0. The summed E-state index contributed by atoms with van der Waals surface area (Å²) in [6.07, 6.45) is 1.32. The summed E-state index contributed by atoms with van der Waals surface area (Å²) >= 11 is 5.38. The van der Waals surface area contributed by atoms with Crippen LogP contribution in [0.2, 0.25) is 0 Å². The summed E-state index contributed by atoms with van der Waals surface area (Å²) in [5, 5.41) is 3.73. The lowest BCUT2D eigenvalue weighted by molar-refractivity contribution is 0.754. The van der Waals surface area contributed by atoms with Crippen LogP contribution in [-0.4, -0.2) is 14.8 Å². The zero-order valence-corrected chi connectivity index (χ0v) is 4.84. The van der Waals surface area contributed by atoms with E-state index in [0.717, 1.165) is 4.68 Å². The van der Waals surface area contributed by atoms with E-state index in [1.165, 1.54) is 6.33 Å². The van der Waals surface area contributed by atoms with Crippen LogP contribution in [0, 0.1) is 0 Å². The first-order valence-electron chi connectivity index (χ1n) is 3.20. The normalized spacial score (nSPS) is 13.8. The molecule has 0 radical (unpaired) electrons. The van der Waals surface area contributed by atoms with Crippen LogP contribution in [0.25, 0.3) is 0 Å². The third-order valence-electron chi connectivity index (χ3n) is 0.675. The molecule has 0 aliphatic rings. The highest BCUT2D eigenvalue weighted by Crippen LogP contribution is 1.91. The van der Waals surface area contributed by atoms with Crippen LogP contribution < -0.4 is 0 Å². The molecule has 0 N–H and O–H groups in total. The average Bonchev–Trinajstić information content (AvgIpc) is 2.34. The van der Waals surface area contributed by atoms with Crippen LogP contribution in [0.3, 0.4) is 0 Å². The zero-order valence-electron chi connectivity index (χ0n) is 6.08. The highest BCUT2D eigenvalue weighted by Gasteiger charge is 1.91. The van der Waals surface area contributed by atoms with Crippen LogP contribution in [0.1, 0.15) is 8.57 Å². The van der Waals surface area contributed by atoms with E-state index in [4.69, 9.17) is 14.3 Å². The van der Waals surface area contributed by atoms with Crippen LogP contribution in [0.5, 0.6) is 0 Å². The third-order valence-corrected chi connectivity index (χ3v) is 0.915. The molecule has 44 valence electrons. The lowest BCUT2D eigenvalue weighted by Gasteiger charge is -1.79. The number of halogens is 1. The molecule has 0 saturated carbocycles. The number of aryl methyl sites for hydroxylation is 1. The molecule has 3 nitrogen and oxygen atoms in total. The Bertz CT molecular complexity index is 212. The minimum Gasteiger partial charge on any atom is -0.256 e. The van der Waals surface area contributed by atoms with Crippen molar-refractivity contribution in [2.75, 3.05) is 0 Å². The Morgan fingerprint density at radius 1 is 2.12 bits per heavy atom. The molecule has 0 spiro atoms. The van der Waals surface area contributed by atoms with E-state index in [9.17, 15) is 0 Å². The second-order valence-corrected chi connectivity index (χ2v) is 1.54. The third kappa shape index (κ3) is 0.980. The summed E-state index contributed by atoms with van der Waals surface area (Å²) in [5.41, 5.74) is 0. The molecule has 0 atom stereocenters. The van der Waals surface area contributed by atoms with Gasteiger partial charge in [0.2, 0.25) is 0 Å². The predicted octanol–water partition coefficient (Wildman–Crippen LogP) is 0.554. The van der Waals surface area contributed by atoms with Crippen molar-refractivity contribution < 1.29 is 2.74 Å². The predicted molar refractivity (Wildman–Crippen MR) is 30.6 cm³/mol. The Morgan fingerprint density at radius 2 is 3.00 bits per heavy atom. The monoisotopic (exact) mass is 133 g/mol. The lowest BCUT2D eigenvalue weighted by atomic mass is 10.7. The van der Waals surface area contributed by atoms with Gasteiger partial charge in [0.25, 0.3) is 0 Å². The smallest absolute Gasteiger partial charge is 0.165 e. The largest absolute Gasteiger partial charge is 0.256 e. The molecule has 0 aromatic carbocycles. The maximum Gasteiger partial charge on any atom is 0.165 e. The van der Waals surface area contributed by atoms with E-state index in [2.05, 4.69) is 10.1 Å². The minimum absolute atomic E-state index is 0.222. The summed E-state index contributed by atoms with van der Waals surface area (Å²) in [7, 11) is 0. The molecule has 0 fully saturated rings. The topological polar surface area (TPSA) is 30.7 Å². The number of nitrogens with zero attached hydrogens (tertiary/aromatic N) is 3. The Morgan fingerprint density at radius 3 is 3.38 bits per heavy atom. The van der Waals surface area contributed by atoms with E-state index in [1.807, 2.05) is 0 Å². The summed E-state index contributed by atoms with van der Waals surface area (Å²) in [5.74, 6) is 0.672. The van der Waals surface area contributed by atoms with Crippen molar-refractivity contribution >= 4 is 11.6 Å². The fourth-order valence-corrected chi connectivity index (χ4v) is 0.494. The highest BCUT2D eigenvalue weighted by atomic mass is 35.5. The summed E-state index contributed by atoms with van der Waals surface area (Å²) in [6.45, 7) is -1.13. The number of hydrogen-bond acceptors (Lipinski definition) is 2. The zero-order chi connectivity index (χ0) is 7.56. The quantitative estimate of drug-likeness (QED) is 0.524. The first-order valence-corrected chi connectivity index (χ1v) is 2.58. The fourth-order valence-electron chi connectivity index (χ4n) is 0.372. The molecule has 8 heavy (non-hydrogen) atoms. The summed E-state index contributed by atoms with van der Waals surface area (Å²) in [4.78, 5) is 3.74. The van der Waals surface area contributed by atoms with E-state index in [0.29, 0.717) is 5.82 Å². The number of hydrogen-bond donors (Lipinski definition) is 0. The van der Waals surface area contributed by atoms with Crippen LogP contribution in [0.4, 0.5) is 0 Å². The molecule has 1 aromatic rings. The molecule has 0 bridgehead atoms. The second kappa shape index (κ2) is 2.13. The Hall–Kier alpha value is -0.570. The van der Waals surface area contributed by atoms with E-state index in [-0.39, 0.29) is 5.88 Å². The molecular formula is C4H6ClN3. The average molecular weight is 134 g/mol. The minimum atomic E-state index is -1.13. The molecule has 0 aliphatic carbocycles. The maximum atomic E-state index is 6.89. The molecule has 0 amide bonds. The first-order chi connectivity index (χ1) is 4.74. The van der Waals surface area contributed by atoms with Gasteiger partial charge in [-0.3, -0.25) is 4.68 Å². The van der Waals surface area contributed by atoms with Gasteiger partial charge in [-0.15, -0.1) is 11.6 Å². The number of alkyl halides is 1. The number of aromatic nitrogens is 3. The molecule has 4 heteroatoms. The van der Waals surface area contributed by atoms with Crippen molar-refractivity contribution in [3.8, 4) is 0 Å². The second-order valence-electron chi connectivity index (χ2n) is 1.27. The van der Waals surface area contributed by atoms with Crippen LogP contribution >= 0.6 is 11.6 Å². The van der Waals surface area contributed by atoms with Gasteiger partial charge in [-0.05, 0) is 0 Å². The Labute approximate surface area is 55.1 Å². The van der Waals surface area contributed by atoms with E-state index in [1.54, 1.807) is 0 Å². The van der Waals surface area contributed by atoms with E-state index >= 15 is 0 Å². The van der Waals surface area contributed by atoms with Gasteiger partial charge in [-0.2, -0.15) is 5.10 Å². The van der Waals surface area contributed by atoms with Crippen molar-refractivity contribution in [3.63, 3.8) is 0 Å². The van der Waals surface area contributed by atoms with E-state index < -0.39 is 7.00 Å². The Kier molecular flexibility index (Phi) is 0.921. The molecular weight excluding hydrogens is 126 g/mol. The van der Waals surface area contributed by atoms with Gasteiger partial charge in [-0.1, -0.05) is 0 Å². The van der Waals surface area contributed by atoms with Gasteiger partial charge < -0.3 is 0 Å². The van der Waals surface area contributed by atoms with Gasteiger partial charge in [0, 0.05) is 9.74 Å². The van der Waals surface area contributed by atoms with Crippen LogP contribution in [-0.2, 0) is 12.9 Å². The number of rotatable bonds is 1. The van der Waals surface area contributed by atoms with Crippen molar-refractivity contribution in [2.24, 2.45) is 7.00 Å². The van der Waals surface area contributed by atoms with Gasteiger partial charge >= 0.3 is 0 Å². The molecule has 1 heterocycles. The highest BCUT2D eigenvalue weighted by molar-refractivity contribution is 6.16. The van der Waals surface area contributed by atoms with Crippen LogP contribution in [0.15, 0.2) is 6.33 Å². The molecule has 0 saturated heterocycles. The maximum absolute atomic E-state index is 6.89.